The van der Waals surface area contributed by atoms with Gasteiger partial charge in [0.1, 0.15) is 0 Å². The normalized spacial score (nSPS) is 35.0. The summed E-state index contributed by atoms with van der Waals surface area (Å²) in [7, 11) is 0. The van der Waals surface area contributed by atoms with E-state index in [0.29, 0.717) is 13.0 Å². The number of hydrogen-bond donors (Lipinski definition) is 0. The van der Waals surface area contributed by atoms with E-state index in [1.165, 1.54) is 0 Å². The van der Waals surface area contributed by atoms with Crippen LogP contribution in [0.4, 0.5) is 0 Å². The fourth-order valence-electron chi connectivity index (χ4n) is 0.965. The Bertz CT molecular complexity index is 130. The molecular weight excluding hydrogens is 163 g/mol. The fourth-order valence-corrected chi connectivity index (χ4v) is 1.65. The zero-order valence-electron chi connectivity index (χ0n) is 6.20. The summed E-state index contributed by atoms with van der Waals surface area (Å²) in [6.45, 7) is 2.37. The van der Waals surface area contributed by atoms with Crippen molar-refractivity contribution in [2.24, 2.45) is 0 Å². The predicted octanol–water partition coefficient (Wildman–Crippen LogP) is -2.95. The van der Waals surface area contributed by atoms with Crippen molar-refractivity contribution in [3.8, 4) is 0 Å². The number of rotatable bonds is 1. The predicted molar refractivity (Wildman–Crippen MR) is 32.7 cm³/mol. The molecule has 0 spiro atoms. The van der Waals surface area contributed by atoms with Crippen molar-refractivity contribution in [1.82, 2.24) is 0 Å². The molecule has 0 aromatic heterocycles. The second-order valence-corrected chi connectivity index (χ2v) is 3.29. The van der Waals surface area contributed by atoms with Crippen molar-refractivity contribution in [1.29, 1.82) is 0 Å². The van der Waals surface area contributed by atoms with Gasteiger partial charge in [-0.25, -0.2) is 0 Å². The maximum absolute atomic E-state index is 10.3. The van der Waals surface area contributed by atoms with Gasteiger partial charge in [0, 0.05) is 11.9 Å². The Balaban J connectivity index is 0.000000810. The minimum atomic E-state index is -1.95. The van der Waals surface area contributed by atoms with Crippen molar-refractivity contribution >= 4 is 11.1 Å². The molecule has 1 fully saturated rings. The first-order valence-corrected chi connectivity index (χ1v) is 4.05. The van der Waals surface area contributed by atoms with Crippen molar-refractivity contribution in [3.63, 3.8) is 0 Å². The second-order valence-electron chi connectivity index (χ2n) is 2.16. The van der Waals surface area contributed by atoms with Gasteiger partial charge in [-0.05, 0) is 24.4 Å². The first-order chi connectivity index (χ1) is 4.22. The molecule has 1 rings (SSSR count). The van der Waals surface area contributed by atoms with E-state index in [1.54, 1.807) is 6.92 Å². The molecule has 10 heavy (non-hydrogen) atoms. The van der Waals surface area contributed by atoms with Gasteiger partial charge in [0.25, 0.3) is 0 Å². The third-order valence-electron chi connectivity index (χ3n) is 1.55. The number of ether oxygens (including phenoxy) is 1. The van der Waals surface area contributed by atoms with Gasteiger partial charge in [-0.1, -0.05) is 0 Å². The van der Waals surface area contributed by atoms with Crippen LogP contribution in [-0.2, 0) is 15.8 Å². The molecule has 0 amide bonds. The second kappa shape index (κ2) is 4.85. The van der Waals surface area contributed by atoms with Crippen molar-refractivity contribution < 1.29 is 43.1 Å². The quantitative estimate of drug-likeness (QED) is 0.314. The van der Waals surface area contributed by atoms with Crippen LogP contribution >= 0.6 is 0 Å². The van der Waals surface area contributed by atoms with Gasteiger partial charge in [0.05, 0.1) is 6.10 Å². The molecule has 0 bridgehead atoms. The third-order valence-corrected chi connectivity index (χ3v) is 2.67. The van der Waals surface area contributed by atoms with Crippen molar-refractivity contribution in [2.75, 3.05) is 6.61 Å². The molecular formula is C5H9NaO3S. The minimum Gasteiger partial charge on any atom is -0.772 e. The van der Waals surface area contributed by atoms with Crippen LogP contribution in [0, 0.1) is 0 Å². The molecule has 0 N–H and O–H groups in total. The summed E-state index contributed by atoms with van der Waals surface area (Å²) in [5.74, 6) is 0. The molecule has 1 aliphatic heterocycles. The topological polar surface area (TPSA) is 49.4 Å². The molecule has 3 unspecified atom stereocenters. The summed E-state index contributed by atoms with van der Waals surface area (Å²) < 4.78 is 25.7. The largest absolute Gasteiger partial charge is 1.00 e. The Morgan fingerprint density at radius 1 is 1.70 bits per heavy atom. The van der Waals surface area contributed by atoms with Gasteiger partial charge < -0.3 is 9.29 Å². The first-order valence-electron chi connectivity index (χ1n) is 2.91. The minimum absolute atomic E-state index is 0. The van der Waals surface area contributed by atoms with Gasteiger partial charge in [0.15, 0.2) is 0 Å². The molecule has 0 aliphatic carbocycles. The molecule has 54 valence electrons. The van der Waals surface area contributed by atoms with Crippen LogP contribution < -0.4 is 29.6 Å². The third kappa shape index (κ3) is 2.60. The Kier molecular flexibility index (Phi) is 5.37. The molecule has 0 aromatic rings. The van der Waals surface area contributed by atoms with Crippen LogP contribution in [0.1, 0.15) is 13.3 Å². The average molecular weight is 172 g/mol. The van der Waals surface area contributed by atoms with E-state index >= 15 is 0 Å². The van der Waals surface area contributed by atoms with Gasteiger partial charge in [-0.2, -0.15) is 0 Å². The first kappa shape index (κ1) is 11.1. The van der Waals surface area contributed by atoms with E-state index in [2.05, 4.69) is 0 Å². The molecule has 0 aromatic carbocycles. The molecule has 3 nitrogen and oxygen atoms in total. The Labute approximate surface area is 85.1 Å². The molecule has 5 heteroatoms. The zero-order valence-corrected chi connectivity index (χ0v) is 9.02. The maximum atomic E-state index is 10.3. The van der Waals surface area contributed by atoms with E-state index in [4.69, 9.17) is 4.74 Å². The monoisotopic (exact) mass is 172 g/mol. The van der Waals surface area contributed by atoms with Gasteiger partial charge in [-0.3, -0.25) is 4.21 Å². The average Bonchev–Trinajstić information content (AvgIpc) is 2.13. The van der Waals surface area contributed by atoms with Crippen molar-refractivity contribution in [2.45, 2.75) is 24.7 Å². The summed E-state index contributed by atoms with van der Waals surface area (Å²) >= 11 is -1.95. The van der Waals surface area contributed by atoms with Crippen LogP contribution in [0.3, 0.4) is 0 Å². The summed E-state index contributed by atoms with van der Waals surface area (Å²) in [5.41, 5.74) is 0. The van der Waals surface area contributed by atoms with Crippen LogP contribution in [-0.4, -0.2) is 26.7 Å². The molecule has 3 atom stereocenters. The van der Waals surface area contributed by atoms with E-state index < -0.39 is 11.1 Å². The van der Waals surface area contributed by atoms with E-state index in [0.717, 1.165) is 0 Å². The number of hydrogen-bond acceptors (Lipinski definition) is 3. The van der Waals surface area contributed by atoms with Gasteiger partial charge in [-0.15, -0.1) is 0 Å². The standard InChI is InChI=1S/C5H10O3S.Na/c1-4-5(9(6)7)2-3-8-4;/h4-5H,2-3H2,1H3,(H,6,7);/q;+1/p-1. The summed E-state index contributed by atoms with van der Waals surface area (Å²) in [6, 6.07) is 0. The van der Waals surface area contributed by atoms with E-state index in [-0.39, 0.29) is 40.9 Å². The Hall–Kier alpha value is 1.07. The molecule has 1 heterocycles. The molecule has 1 saturated heterocycles. The van der Waals surface area contributed by atoms with Crippen LogP contribution in [0.15, 0.2) is 0 Å². The summed E-state index contributed by atoms with van der Waals surface area (Å²) in [5, 5.41) is -0.273. The summed E-state index contributed by atoms with van der Waals surface area (Å²) in [4.78, 5) is 0. The Morgan fingerprint density at radius 2 is 2.30 bits per heavy atom. The van der Waals surface area contributed by atoms with E-state index in [9.17, 15) is 8.76 Å². The van der Waals surface area contributed by atoms with Gasteiger partial charge >= 0.3 is 29.6 Å². The molecule has 0 radical (unpaired) electrons. The summed E-state index contributed by atoms with van der Waals surface area (Å²) in [6.07, 6.45) is 0.542. The maximum Gasteiger partial charge on any atom is 1.00 e. The molecule has 0 saturated carbocycles. The van der Waals surface area contributed by atoms with E-state index in [1.807, 2.05) is 0 Å². The smallest absolute Gasteiger partial charge is 0.772 e. The zero-order chi connectivity index (χ0) is 6.85. The van der Waals surface area contributed by atoms with Crippen LogP contribution in [0.5, 0.6) is 0 Å². The fraction of sp³-hybridized carbons (Fsp3) is 1.00. The Morgan fingerprint density at radius 3 is 2.50 bits per heavy atom. The molecule has 1 aliphatic rings. The van der Waals surface area contributed by atoms with Gasteiger partial charge in [0.2, 0.25) is 0 Å². The van der Waals surface area contributed by atoms with Crippen LogP contribution in [0.25, 0.3) is 0 Å². The van der Waals surface area contributed by atoms with Crippen molar-refractivity contribution in [3.05, 3.63) is 0 Å². The van der Waals surface area contributed by atoms with Crippen LogP contribution in [0.2, 0.25) is 0 Å². The SMILES string of the molecule is CC1OCCC1S(=O)[O-].[Na+].